The Balaban J connectivity index is 1.83. The van der Waals surface area contributed by atoms with Crippen molar-refractivity contribution < 1.29 is 5.11 Å². The molecule has 3 N–H and O–H groups in total. The van der Waals surface area contributed by atoms with E-state index >= 15 is 0 Å². The first-order valence-electron chi connectivity index (χ1n) is 7.06. The summed E-state index contributed by atoms with van der Waals surface area (Å²) in [4.78, 5) is 19.2. The van der Waals surface area contributed by atoms with Gasteiger partial charge in [0.05, 0.1) is 24.1 Å². The molecule has 5 heteroatoms. The highest BCUT2D eigenvalue weighted by Crippen LogP contribution is 2.29. The van der Waals surface area contributed by atoms with Crippen LogP contribution in [-0.2, 0) is 6.54 Å². The average Bonchev–Trinajstić information content (AvgIpc) is 2.95. The molecular formula is C15H19N3O2. The summed E-state index contributed by atoms with van der Waals surface area (Å²) in [5.41, 5.74) is 0.388. The van der Waals surface area contributed by atoms with Crippen molar-refractivity contribution in [3.63, 3.8) is 0 Å². The Kier molecular flexibility index (Phi) is 3.54. The molecule has 1 aliphatic rings. The van der Waals surface area contributed by atoms with Crippen LogP contribution in [0.4, 0.5) is 0 Å². The number of rotatable bonds is 4. The number of aliphatic hydroxyl groups is 1. The zero-order valence-corrected chi connectivity index (χ0v) is 11.4. The number of H-pyrrole nitrogens is 1. The van der Waals surface area contributed by atoms with Gasteiger partial charge in [-0.25, -0.2) is 4.98 Å². The Morgan fingerprint density at radius 2 is 2.05 bits per heavy atom. The molecule has 1 aliphatic carbocycles. The fourth-order valence-electron chi connectivity index (χ4n) is 2.93. The summed E-state index contributed by atoms with van der Waals surface area (Å²) in [5, 5.41) is 13.5. The minimum Gasteiger partial charge on any atom is -0.394 e. The molecule has 0 atom stereocenters. The number of aromatic nitrogens is 2. The highest BCUT2D eigenvalue weighted by molar-refractivity contribution is 5.77. The van der Waals surface area contributed by atoms with Gasteiger partial charge in [0.1, 0.15) is 5.82 Å². The summed E-state index contributed by atoms with van der Waals surface area (Å²) in [6.45, 7) is 0.603. The topological polar surface area (TPSA) is 78.0 Å². The summed E-state index contributed by atoms with van der Waals surface area (Å²) in [5.74, 6) is 0.619. The molecule has 1 aromatic carbocycles. The highest BCUT2D eigenvalue weighted by Gasteiger charge is 2.32. The van der Waals surface area contributed by atoms with E-state index < -0.39 is 0 Å². The molecule has 1 heterocycles. The lowest BCUT2D eigenvalue weighted by atomic mass is 9.99. The number of aromatic amines is 1. The van der Waals surface area contributed by atoms with Gasteiger partial charge in [-0.05, 0) is 25.0 Å². The van der Waals surface area contributed by atoms with Crippen LogP contribution in [0.2, 0.25) is 0 Å². The molecule has 0 spiro atoms. The number of aliphatic hydroxyl groups excluding tert-OH is 1. The number of para-hydroxylation sites is 1. The molecule has 106 valence electrons. The standard InChI is InChI=1S/C15H19N3O2/c19-10-15(7-3-4-8-15)16-9-13-17-12-6-2-1-5-11(12)14(20)18-13/h1-2,5-6,16,19H,3-4,7-10H2,(H,17,18,20). The van der Waals surface area contributed by atoms with Crippen LogP contribution >= 0.6 is 0 Å². The minimum atomic E-state index is -0.204. The molecule has 0 aliphatic heterocycles. The highest BCUT2D eigenvalue weighted by atomic mass is 16.3. The van der Waals surface area contributed by atoms with Crippen molar-refractivity contribution in [1.29, 1.82) is 0 Å². The van der Waals surface area contributed by atoms with Crippen molar-refractivity contribution in [2.75, 3.05) is 6.61 Å². The zero-order valence-electron chi connectivity index (χ0n) is 11.4. The van der Waals surface area contributed by atoms with Crippen LogP contribution in [-0.4, -0.2) is 27.2 Å². The van der Waals surface area contributed by atoms with E-state index in [9.17, 15) is 9.90 Å². The SMILES string of the molecule is O=c1[nH]c(CNC2(CO)CCCC2)nc2ccccc12. The van der Waals surface area contributed by atoms with Gasteiger partial charge in [-0.2, -0.15) is 0 Å². The van der Waals surface area contributed by atoms with Gasteiger partial charge in [-0.15, -0.1) is 0 Å². The van der Waals surface area contributed by atoms with Gasteiger partial charge in [-0.1, -0.05) is 25.0 Å². The predicted octanol–water partition coefficient (Wildman–Crippen LogP) is 1.32. The maximum atomic E-state index is 12.0. The molecule has 0 bridgehead atoms. The Morgan fingerprint density at radius 1 is 1.30 bits per heavy atom. The van der Waals surface area contributed by atoms with Crippen molar-refractivity contribution in [1.82, 2.24) is 15.3 Å². The Labute approximate surface area is 117 Å². The first-order chi connectivity index (χ1) is 9.72. The van der Waals surface area contributed by atoms with Gasteiger partial charge in [0.25, 0.3) is 5.56 Å². The molecule has 20 heavy (non-hydrogen) atoms. The molecule has 0 radical (unpaired) electrons. The van der Waals surface area contributed by atoms with E-state index in [1.165, 1.54) is 0 Å². The number of nitrogens with zero attached hydrogens (tertiary/aromatic N) is 1. The molecule has 5 nitrogen and oxygen atoms in total. The molecule has 3 rings (SSSR count). The third-order valence-electron chi connectivity index (χ3n) is 4.16. The number of hydrogen-bond acceptors (Lipinski definition) is 4. The van der Waals surface area contributed by atoms with Gasteiger partial charge in [0.15, 0.2) is 0 Å². The third-order valence-corrected chi connectivity index (χ3v) is 4.16. The van der Waals surface area contributed by atoms with Crippen molar-refractivity contribution in [2.45, 2.75) is 37.8 Å². The monoisotopic (exact) mass is 273 g/mol. The van der Waals surface area contributed by atoms with Crippen LogP contribution < -0.4 is 10.9 Å². The van der Waals surface area contributed by atoms with Crippen molar-refractivity contribution >= 4 is 10.9 Å². The van der Waals surface area contributed by atoms with E-state index in [0.717, 1.165) is 25.7 Å². The van der Waals surface area contributed by atoms with E-state index in [0.29, 0.717) is 23.3 Å². The van der Waals surface area contributed by atoms with Crippen LogP contribution in [0.25, 0.3) is 10.9 Å². The quantitative estimate of drug-likeness (QED) is 0.785. The number of benzene rings is 1. The molecule has 1 saturated carbocycles. The normalized spacial score (nSPS) is 17.6. The van der Waals surface area contributed by atoms with Crippen LogP contribution in [0.3, 0.4) is 0 Å². The van der Waals surface area contributed by atoms with E-state index in [2.05, 4.69) is 15.3 Å². The van der Waals surface area contributed by atoms with Crippen molar-refractivity contribution in [3.05, 3.63) is 40.4 Å². The second kappa shape index (κ2) is 5.34. The Hall–Kier alpha value is -1.72. The van der Waals surface area contributed by atoms with E-state index in [1.54, 1.807) is 6.07 Å². The Morgan fingerprint density at radius 3 is 2.80 bits per heavy atom. The number of fused-ring (bicyclic) bond motifs is 1. The molecule has 1 fully saturated rings. The maximum absolute atomic E-state index is 12.0. The van der Waals surface area contributed by atoms with Crippen LogP contribution in [0.1, 0.15) is 31.5 Å². The summed E-state index contributed by atoms with van der Waals surface area (Å²) < 4.78 is 0. The largest absolute Gasteiger partial charge is 0.394 e. The van der Waals surface area contributed by atoms with Gasteiger partial charge >= 0.3 is 0 Å². The molecule has 2 aromatic rings. The van der Waals surface area contributed by atoms with Crippen LogP contribution in [0.5, 0.6) is 0 Å². The summed E-state index contributed by atoms with van der Waals surface area (Å²) in [6.07, 6.45) is 4.22. The predicted molar refractivity (Wildman–Crippen MR) is 77.5 cm³/mol. The van der Waals surface area contributed by atoms with E-state index in [1.807, 2.05) is 18.2 Å². The van der Waals surface area contributed by atoms with Crippen LogP contribution in [0.15, 0.2) is 29.1 Å². The fraction of sp³-hybridized carbons (Fsp3) is 0.467. The van der Waals surface area contributed by atoms with Gasteiger partial charge in [-0.3, -0.25) is 4.79 Å². The molecule has 1 aromatic heterocycles. The second-order valence-electron chi connectivity index (χ2n) is 5.53. The third kappa shape index (κ3) is 2.46. The molecule has 0 unspecified atom stereocenters. The zero-order chi connectivity index (χ0) is 14.0. The second-order valence-corrected chi connectivity index (χ2v) is 5.53. The lowest BCUT2D eigenvalue weighted by Gasteiger charge is -2.27. The lowest BCUT2D eigenvalue weighted by molar-refractivity contribution is 0.162. The summed E-state index contributed by atoms with van der Waals surface area (Å²) in [7, 11) is 0. The van der Waals surface area contributed by atoms with Gasteiger partial charge in [0, 0.05) is 5.54 Å². The first kappa shape index (κ1) is 13.3. The minimum absolute atomic E-state index is 0.114. The summed E-state index contributed by atoms with van der Waals surface area (Å²) >= 11 is 0. The Bertz CT molecular complexity index is 659. The molecule has 0 amide bonds. The van der Waals surface area contributed by atoms with Crippen molar-refractivity contribution in [2.24, 2.45) is 0 Å². The molecule has 0 saturated heterocycles. The van der Waals surface area contributed by atoms with Gasteiger partial charge < -0.3 is 15.4 Å². The maximum Gasteiger partial charge on any atom is 0.258 e. The first-order valence-corrected chi connectivity index (χ1v) is 7.06. The average molecular weight is 273 g/mol. The lowest BCUT2D eigenvalue weighted by Crippen LogP contribution is -2.46. The summed E-state index contributed by atoms with van der Waals surface area (Å²) in [6, 6.07) is 7.31. The van der Waals surface area contributed by atoms with Crippen LogP contribution in [0, 0.1) is 0 Å². The van der Waals surface area contributed by atoms with E-state index in [4.69, 9.17) is 0 Å². The van der Waals surface area contributed by atoms with E-state index in [-0.39, 0.29) is 17.7 Å². The van der Waals surface area contributed by atoms with Gasteiger partial charge in [0.2, 0.25) is 0 Å². The van der Waals surface area contributed by atoms with Crippen molar-refractivity contribution in [3.8, 4) is 0 Å². The molecular weight excluding hydrogens is 254 g/mol. The smallest absolute Gasteiger partial charge is 0.258 e. The number of nitrogens with one attached hydrogen (secondary N) is 2. The fourth-order valence-corrected chi connectivity index (χ4v) is 2.93. The number of hydrogen-bond donors (Lipinski definition) is 3.